The molecular weight excluding hydrogens is 549 g/mol. The third kappa shape index (κ3) is 10.5. The van der Waals surface area contributed by atoms with Gasteiger partial charge in [-0.25, -0.2) is 0 Å². The summed E-state index contributed by atoms with van der Waals surface area (Å²) < 4.78 is 70.1. The second-order valence-corrected chi connectivity index (χ2v) is 11.9. The number of alkyl halides is 3. The van der Waals surface area contributed by atoms with E-state index in [2.05, 4.69) is 19.1 Å². The molecule has 2 heterocycles. The Kier molecular flexibility index (Phi) is 13.5. The molecule has 1 N–H and O–H groups in total. The van der Waals surface area contributed by atoms with Crippen molar-refractivity contribution in [1.29, 1.82) is 0 Å². The Balaban J connectivity index is 1.43. The molecule has 6 nitrogen and oxygen atoms in total. The fourth-order valence-corrected chi connectivity index (χ4v) is 6.30. The van der Waals surface area contributed by atoms with Crippen molar-refractivity contribution in [2.75, 3.05) is 19.8 Å². The van der Waals surface area contributed by atoms with E-state index in [0.717, 1.165) is 82.8 Å². The Morgan fingerprint density at radius 3 is 2.48 bits per heavy atom. The van der Waals surface area contributed by atoms with E-state index in [1.54, 1.807) is 0 Å². The van der Waals surface area contributed by atoms with Gasteiger partial charge in [0, 0.05) is 19.6 Å². The van der Waals surface area contributed by atoms with Crippen molar-refractivity contribution in [3.05, 3.63) is 42.0 Å². The lowest BCUT2D eigenvalue weighted by Gasteiger charge is -2.32. The minimum absolute atomic E-state index is 0.0485. The molecule has 42 heavy (non-hydrogen) atoms. The maximum Gasteiger partial charge on any atom is 0.416 e. The van der Waals surface area contributed by atoms with Gasteiger partial charge in [0.25, 0.3) is 0 Å². The number of halogens is 3. The van der Waals surface area contributed by atoms with E-state index >= 15 is 0 Å². The van der Waals surface area contributed by atoms with Crippen LogP contribution in [0.1, 0.15) is 96.0 Å². The molecule has 0 radical (unpaired) electrons. The van der Waals surface area contributed by atoms with Crippen LogP contribution in [-0.4, -0.2) is 55.8 Å². The predicted molar refractivity (Wildman–Crippen MR) is 154 cm³/mol. The van der Waals surface area contributed by atoms with Crippen molar-refractivity contribution >= 4 is 0 Å². The average molecular weight is 599 g/mol. The molecule has 0 amide bonds. The Morgan fingerprint density at radius 1 is 1.02 bits per heavy atom. The fraction of sp³-hybridized carbons (Fsp3) is 0.758. The molecule has 3 aliphatic rings. The van der Waals surface area contributed by atoms with Crippen molar-refractivity contribution in [1.82, 2.24) is 0 Å². The van der Waals surface area contributed by atoms with Gasteiger partial charge in [-0.15, -0.1) is 0 Å². The summed E-state index contributed by atoms with van der Waals surface area (Å²) in [6.07, 6.45) is 10.1. The molecule has 4 rings (SSSR count). The molecule has 1 aromatic carbocycles. The minimum Gasteiger partial charge on any atom is -0.491 e. The van der Waals surface area contributed by atoms with Gasteiger partial charge in [0.05, 0.1) is 23.9 Å². The molecule has 9 heteroatoms. The largest absolute Gasteiger partial charge is 0.491 e. The number of benzene rings is 1. The highest BCUT2D eigenvalue weighted by Crippen LogP contribution is 2.41. The van der Waals surface area contributed by atoms with Gasteiger partial charge in [0.1, 0.15) is 12.4 Å². The number of unbranched alkanes of at least 4 members (excludes halogenated alkanes) is 2. The fourth-order valence-electron chi connectivity index (χ4n) is 6.30. The first-order chi connectivity index (χ1) is 20.3. The normalized spacial score (nSPS) is 29.6. The summed E-state index contributed by atoms with van der Waals surface area (Å²) in [6, 6.07) is 4.95. The van der Waals surface area contributed by atoms with Crippen LogP contribution < -0.4 is 4.74 Å². The van der Waals surface area contributed by atoms with E-state index in [9.17, 15) is 18.3 Å². The van der Waals surface area contributed by atoms with Gasteiger partial charge in [-0.3, -0.25) is 0 Å². The molecule has 238 valence electrons. The molecule has 1 aliphatic carbocycles. The Morgan fingerprint density at radius 2 is 1.79 bits per heavy atom. The van der Waals surface area contributed by atoms with Gasteiger partial charge in [0.15, 0.2) is 12.6 Å². The third-order valence-electron chi connectivity index (χ3n) is 8.66. The first-order valence-corrected chi connectivity index (χ1v) is 16.0. The van der Waals surface area contributed by atoms with Crippen LogP contribution in [0, 0.1) is 11.8 Å². The summed E-state index contributed by atoms with van der Waals surface area (Å²) in [5, 5.41) is 11.1. The SMILES string of the molecule is CCCC/C=C\C[C@@H]1[C@@H](CC[C@H](COc2cccc(C(F)(F)F)c2)OC2CCCCO2)[C@H](OC2CCCCO2)C[C@@H]1O. The number of rotatable bonds is 15. The van der Waals surface area contributed by atoms with Crippen molar-refractivity contribution in [3.63, 3.8) is 0 Å². The van der Waals surface area contributed by atoms with Crippen LogP contribution in [0.15, 0.2) is 36.4 Å². The van der Waals surface area contributed by atoms with Gasteiger partial charge in [-0.05, 0) is 94.2 Å². The standard InChI is InChI=1S/C33H49F3O6/c1-2-3-4-5-6-14-27-28(30(22-29(27)37)42-32-16-8-10-20-39-32)18-17-26(41-31-15-7-9-19-38-31)23-40-25-13-11-12-24(21-25)33(34,35)36/h5-6,11-13,21,26-32,37H,2-4,7-10,14-20,22-23H2,1H3/b6-5-/t26-,27-,28-,29+,30-,31?,32?/m1/s1. The summed E-state index contributed by atoms with van der Waals surface area (Å²) >= 11 is 0. The van der Waals surface area contributed by atoms with Gasteiger partial charge in [0.2, 0.25) is 0 Å². The lowest BCUT2D eigenvalue weighted by atomic mass is 9.86. The average Bonchev–Trinajstić information content (AvgIpc) is 3.28. The maximum atomic E-state index is 13.2. The van der Waals surface area contributed by atoms with E-state index in [1.165, 1.54) is 12.1 Å². The van der Waals surface area contributed by atoms with Crippen LogP contribution >= 0.6 is 0 Å². The molecule has 0 aromatic heterocycles. The monoisotopic (exact) mass is 598 g/mol. The summed E-state index contributed by atoms with van der Waals surface area (Å²) in [6.45, 7) is 3.60. The zero-order chi connectivity index (χ0) is 29.8. The number of allylic oxidation sites excluding steroid dienone is 2. The Hall–Kier alpha value is -1.65. The lowest BCUT2D eigenvalue weighted by Crippen LogP contribution is -2.34. The van der Waals surface area contributed by atoms with Crippen LogP contribution in [0.3, 0.4) is 0 Å². The van der Waals surface area contributed by atoms with Crippen molar-refractivity contribution < 1.29 is 42.0 Å². The van der Waals surface area contributed by atoms with Crippen molar-refractivity contribution in [3.8, 4) is 5.75 Å². The van der Waals surface area contributed by atoms with E-state index in [4.69, 9.17) is 23.7 Å². The summed E-state index contributed by atoms with van der Waals surface area (Å²) in [5.41, 5.74) is -0.743. The van der Waals surface area contributed by atoms with Gasteiger partial charge in [-0.1, -0.05) is 38.0 Å². The highest BCUT2D eigenvalue weighted by Gasteiger charge is 2.44. The first kappa shape index (κ1) is 33.2. The zero-order valence-corrected chi connectivity index (χ0v) is 24.9. The lowest BCUT2D eigenvalue weighted by molar-refractivity contribution is -0.202. The van der Waals surface area contributed by atoms with Crippen LogP contribution in [0.4, 0.5) is 13.2 Å². The summed E-state index contributed by atoms with van der Waals surface area (Å²) in [4.78, 5) is 0. The minimum atomic E-state index is -4.44. The number of hydrogen-bond acceptors (Lipinski definition) is 6. The molecule has 0 spiro atoms. The van der Waals surface area contributed by atoms with Crippen LogP contribution in [-0.2, 0) is 25.1 Å². The molecule has 2 aliphatic heterocycles. The number of ether oxygens (including phenoxy) is 5. The van der Waals surface area contributed by atoms with Gasteiger partial charge < -0.3 is 28.8 Å². The zero-order valence-electron chi connectivity index (χ0n) is 24.9. The molecular formula is C33H49F3O6. The van der Waals surface area contributed by atoms with Crippen LogP contribution in [0.5, 0.6) is 5.75 Å². The molecule has 3 fully saturated rings. The molecule has 7 atom stereocenters. The maximum absolute atomic E-state index is 13.2. The second kappa shape index (κ2) is 17.0. The van der Waals surface area contributed by atoms with Crippen molar-refractivity contribution in [2.45, 2.75) is 127 Å². The number of aliphatic hydroxyl groups is 1. The van der Waals surface area contributed by atoms with Crippen LogP contribution in [0.25, 0.3) is 0 Å². The highest BCUT2D eigenvalue weighted by molar-refractivity contribution is 5.30. The van der Waals surface area contributed by atoms with Gasteiger partial charge in [-0.2, -0.15) is 13.2 Å². The number of hydrogen-bond donors (Lipinski definition) is 1. The van der Waals surface area contributed by atoms with E-state index in [-0.39, 0.29) is 49.0 Å². The van der Waals surface area contributed by atoms with Gasteiger partial charge >= 0.3 is 6.18 Å². The third-order valence-corrected chi connectivity index (χ3v) is 8.66. The summed E-state index contributed by atoms with van der Waals surface area (Å²) in [7, 11) is 0. The first-order valence-electron chi connectivity index (χ1n) is 16.0. The topological polar surface area (TPSA) is 66.4 Å². The van der Waals surface area contributed by atoms with E-state index in [1.807, 2.05) is 0 Å². The smallest absolute Gasteiger partial charge is 0.416 e. The van der Waals surface area contributed by atoms with E-state index in [0.29, 0.717) is 26.1 Å². The molecule has 2 saturated heterocycles. The predicted octanol–water partition coefficient (Wildman–Crippen LogP) is 7.82. The summed E-state index contributed by atoms with van der Waals surface area (Å²) in [5.74, 6) is 0.297. The molecule has 2 unspecified atom stereocenters. The number of aliphatic hydroxyl groups excluding tert-OH is 1. The molecule has 0 bridgehead atoms. The second-order valence-electron chi connectivity index (χ2n) is 11.9. The van der Waals surface area contributed by atoms with Crippen molar-refractivity contribution in [2.24, 2.45) is 11.8 Å². The van der Waals surface area contributed by atoms with Crippen LogP contribution in [0.2, 0.25) is 0 Å². The Labute approximate surface area is 248 Å². The van der Waals surface area contributed by atoms with E-state index < -0.39 is 17.8 Å². The molecule has 1 saturated carbocycles. The molecule has 1 aromatic rings. The highest BCUT2D eigenvalue weighted by atomic mass is 19.4. The Bertz CT molecular complexity index is 929. The quantitative estimate of drug-likeness (QED) is 0.164.